The summed E-state index contributed by atoms with van der Waals surface area (Å²) in [6, 6.07) is 8.24. The molecule has 9 heteroatoms. The van der Waals surface area contributed by atoms with Crippen LogP contribution in [0.3, 0.4) is 0 Å². The fourth-order valence-corrected chi connectivity index (χ4v) is 8.22. The monoisotopic (exact) mass is 635 g/mol. The fraction of sp³-hybridized carbons (Fsp3) is 0.800. The van der Waals surface area contributed by atoms with E-state index >= 15 is 0 Å². The molecule has 44 heavy (non-hydrogen) atoms. The first-order valence-corrected chi connectivity index (χ1v) is 19.0. The Labute approximate surface area is 269 Å². The van der Waals surface area contributed by atoms with Gasteiger partial charge in [0.05, 0.1) is 29.6 Å². The second kappa shape index (κ2) is 24.5. The third kappa shape index (κ3) is 16.5. The lowest BCUT2D eigenvalue weighted by atomic mass is 10.00. The molecular weight excluding hydrogens is 573 g/mol. The smallest absolute Gasteiger partial charge is 0.296 e. The van der Waals surface area contributed by atoms with Gasteiger partial charge in [0, 0.05) is 18.2 Å². The number of hydrogen-bond donors (Lipinski definition) is 0. The second-order valence-electron chi connectivity index (χ2n) is 12.6. The van der Waals surface area contributed by atoms with Crippen LogP contribution in [-0.4, -0.2) is 28.3 Å². The van der Waals surface area contributed by atoms with Gasteiger partial charge in [-0.15, -0.1) is 0 Å². The van der Waals surface area contributed by atoms with E-state index in [0.29, 0.717) is 12.0 Å². The van der Waals surface area contributed by atoms with Crippen LogP contribution in [0.2, 0.25) is 0 Å². The normalized spacial score (nSPS) is 13.8. The molecule has 1 aromatic rings. The fourth-order valence-electron chi connectivity index (χ4n) is 5.93. The Hall–Kier alpha value is -1.78. The van der Waals surface area contributed by atoms with Crippen LogP contribution in [0.5, 0.6) is 0 Å². The van der Waals surface area contributed by atoms with Crippen LogP contribution in [-0.2, 0) is 13.6 Å². The molecule has 0 spiro atoms. The maximum absolute atomic E-state index is 14.3. The Morgan fingerprint density at radius 2 is 1.27 bits per heavy atom. The maximum atomic E-state index is 14.3. The molecule has 0 aliphatic carbocycles. The van der Waals surface area contributed by atoms with Crippen molar-refractivity contribution in [3.8, 4) is 6.07 Å². The molecule has 0 aliphatic heterocycles. The number of para-hydroxylation sites is 1. The van der Waals surface area contributed by atoms with Crippen molar-refractivity contribution < 1.29 is 18.5 Å². The van der Waals surface area contributed by atoms with Gasteiger partial charge in [-0.2, -0.15) is 5.26 Å². The number of benzene rings is 1. The largest absolute Gasteiger partial charge is 0.409 e. The van der Waals surface area contributed by atoms with Crippen molar-refractivity contribution in [2.24, 2.45) is 0 Å². The molecule has 252 valence electrons. The van der Waals surface area contributed by atoms with Crippen molar-refractivity contribution in [3.63, 3.8) is 0 Å². The number of nitro benzene ring substituents is 1. The van der Waals surface area contributed by atoms with E-state index in [4.69, 9.17) is 14.3 Å². The zero-order valence-corrected chi connectivity index (χ0v) is 29.4. The average molecular weight is 636 g/mol. The third-order valence-corrected chi connectivity index (χ3v) is 10.6. The summed E-state index contributed by atoms with van der Waals surface area (Å²) in [4.78, 5) is 11.5. The van der Waals surface area contributed by atoms with Crippen molar-refractivity contribution in [1.82, 2.24) is 4.67 Å². The third-order valence-electron chi connectivity index (χ3n) is 8.12. The first-order chi connectivity index (χ1) is 21.2. The van der Waals surface area contributed by atoms with Crippen LogP contribution in [0.25, 0.3) is 0 Å². The van der Waals surface area contributed by atoms with E-state index in [1.54, 1.807) is 22.9 Å². The van der Waals surface area contributed by atoms with Gasteiger partial charge in [-0.3, -0.25) is 19.2 Å². The Morgan fingerprint density at radius 3 is 1.70 bits per heavy atom. The van der Waals surface area contributed by atoms with Crippen LogP contribution in [0, 0.1) is 21.4 Å². The highest BCUT2D eigenvalue weighted by Crippen LogP contribution is 2.58. The Balaban J connectivity index is 2.63. The molecule has 0 radical (unpaired) electrons. The van der Waals surface area contributed by atoms with E-state index in [2.05, 4.69) is 6.92 Å². The van der Waals surface area contributed by atoms with Crippen LogP contribution < -0.4 is 0 Å². The minimum Gasteiger partial charge on any atom is -0.296 e. The SMILES string of the molecule is CCCCCCCCCCCCCCCCCCCC(OP(=O)(OCCC#N)N(C(C)C)C(C)C)c1ccccc1[N+](=O)[O-]. The molecule has 0 heterocycles. The quantitative estimate of drug-likeness (QED) is 0.0390. The van der Waals surface area contributed by atoms with E-state index in [9.17, 15) is 14.7 Å². The molecule has 0 fully saturated rings. The van der Waals surface area contributed by atoms with Gasteiger partial charge >= 0.3 is 7.75 Å². The van der Waals surface area contributed by atoms with Crippen molar-refractivity contribution in [1.29, 1.82) is 5.26 Å². The van der Waals surface area contributed by atoms with E-state index in [1.165, 1.54) is 96.0 Å². The van der Waals surface area contributed by atoms with Gasteiger partial charge in [-0.1, -0.05) is 128 Å². The van der Waals surface area contributed by atoms with E-state index in [1.807, 2.05) is 33.8 Å². The summed E-state index contributed by atoms with van der Waals surface area (Å²) in [5, 5.41) is 20.9. The van der Waals surface area contributed by atoms with Crippen molar-refractivity contribution in [2.75, 3.05) is 6.61 Å². The number of nitro groups is 1. The summed E-state index contributed by atoms with van der Waals surface area (Å²) in [6.45, 7) is 9.90. The van der Waals surface area contributed by atoms with Crippen LogP contribution >= 0.6 is 7.75 Å². The molecule has 1 aromatic carbocycles. The predicted molar refractivity (Wildman–Crippen MR) is 182 cm³/mol. The topological polar surface area (TPSA) is 106 Å². The first kappa shape index (κ1) is 40.2. The summed E-state index contributed by atoms with van der Waals surface area (Å²) in [5.41, 5.74) is 0.360. The van der Waals surface area contributed by atoms with Crippen LogP contribution in [0.1, 0.15) is 168 Å². The van der Waals surface area contributed by atoms with Crippen molar-refractivity contribution in [3.05, 3.63) is 39.9 Å². The second-order valence-corrected chi connectivity index (χ2v) is 14.5. The minimum absolute atomic E-state index is 0.0353. The minimum atomic E-state index is -3.88. The molecule has 2 unspecified atom stereocenters. The van der Waals surface area contributed by atoms with Crippen molar-refractivity contribution >= 4 is 13.4 Å². The highest BCUT2D eigenvalue weighted by atomic mass is 31.2. The molecular formula is C35H62N3O5P. The summed E-state index contributed by atoms with van der Waals surface area (Å²) in [5.74, 6) is 0. The Morgan fingerprint density at radius 1 is 0.818 bits per heavy atom. The lowest BCUT2D eigenvalue weighted by molar-refractivity contribution is -0.386. The standard InChI is InChI=1S/C35H62N3O5P/c1-6-7-8-9-10-11-12-13-14-15-16-17-18-19-20-21-22-28-35(33-26-23-24-27-34(33)38(39)40)43-44(41,42-30-25-29-36)37(31(2)3)32(4)5/h23-24,26-27,31-32,35H,6-22,25,28,30H2,1-5H3. The molecule has 0 aromatic heterocycles. The molecule has 2 atom stereocenters. The molecule has 0 bridgehead atoms. The number of nitrogens with zero attached hydrogens (tertiary/aromatic N) is 3. The number of nitriles is 1. The highest BCUT2D eigenvalue weighted by Gasteiger charge is 2.41. The van der Waals surface area contributed by atoms with Gasteiger partial charge in [-0.05, 0) is 40.2 Å². The molecule has 0 N–H and O–H groups in total. The summed E-state index contributed by atoms with van der Waals surface area (Å²) < 4.78 is 28.1. The molecule has 0 aliphatic rings. The van der Waals surface area contributed by atoms with Crippen LogP contribution in [0.15, 0.2) is 24.3 Å². The lowest BCUT2D eigenvalue weighted by Crippen LogP contribution is -2.36. The van der Waals surface area contributed by atoms with Gasteiger partial charge in [0.25, 0.3) is 5.69 Å². The van der Waals surface area contributed by atoms with Gasteiger partial charge in [0.2, 0.25) is 0 Å². The summed E-state index contributed by atoms with van der Waals surface area (Å²) in [7, 11) is -3.88. The van der Waals surface area contributed by atoms with Crippen LogP contribution in [0.4, 0.5) is 5.69 Å². The summed E-state index contributed by atoms with van der Waals surface area (Å²) >= 11 is 0. The molecule has 0 saturated carbocycles. The van der Waals surface area contributed by atoms with E-state index < -0.39 is 18.8 Å². The Kier molecular flexibility index (Phi) is 22.4. The van der Waals surface area contributed by atoms with Gasteiger partial charge < -0.3 is 0 Å². The molecule has 0 amide bonds. The first-order valence-electron chi connectivity index (χ1n) is 17.5. The highest BCUT2D eigenvalue weighted by molar-refractivity contribution is 7.51. The zero-order chi connectivity index (χ0) is 32.6. The van der Waals surface area contributed by atoms with E-state index in [0.717, 1.165) is 19.3 Å². The maximum Gasteiger partial charge on any atom is 0.409 e. The predicted octanol–water partition coefficient (Wildman–Crippen LogP) is 11.9. The average Bonchev–Trinajstić information content (AvgIpc) is 2.97. The number of rotatable bonds is 28. The van der Waals surface area contributed by atoms with Crippen molar-refractivity contribution in [2.45, 2.75) is 175 Å². The van der Waals surface area contributed by atoms with Gasteiger partial charge in [0.15, 0.2) is 0 Å². The number of hydrogen-bond acceptors (Lipinski definition) is 6. The zero-order valence-electron chi connectivity index (χ0n) is 28.5. The molecule has 0 saturated heterocycles. The van der Waals surface area contributed by atoms with Gasteiger partial charge in [0.1, 0.15) is 6.10 Å². The van der Waals surface area contributed by atoms with Gasteiger partial charge in [-0.25, -0.2) is 9.24 Å². The number of unbranched alkanes of at least 4 members (excludes halogenated alkanes) is 16. The molecule has 8 nitrogen and oxygen atoms in total. The Bertz CT molecular complexity index is 973. The molecule has 1 rings (SSSR count). The summed E-state index contributed by atoms with van der Waals surface area (Å²) in [6.07, 6.45) is 21.5. The lowest BCUT2D eigenvalue weighted by Gasteiger charge is -2.37. The van der Waals surface area contributed by atoms with E-state index in [-0.39, 0.29) is 30.8 Å².